The predicted octanol–water partition coefficient (Wildman–Crippen LogP) is 1.58. The Hall–Kier alpha value is -0.920. The molecule has 3 rings (SSSR count). The lowest BCUT2D eigenvalue weighted by Gasteiger charge is -2.22. The molecule has 7 heteroatoms. The summed E-state index contributed by atoms with van der Waals surface area (Å²) < 4.78 is 28.2. The molecule has 2 aliphatic carbocycles. The Bertz CT molecular complexity index is 586. The van der Waals surface area contributed by atoms with Crippen molar-refractivity contribution in [3.8, 4) is 0 Å². The van der Waals surface area contributed by atoms with Crippen LogP contribution < -0.4 is 10.0 Å². The number of nitrogens with one attached hydrogen (secondary N) is 3. The molecule has 6 nitrogen and oxygen atoms in total. The van der Waals surface area contributed by atoms with Crippen LogP contribution in [-0.2, 0) is 16.6 Å². The minimum absolute atomic E-state index is 0.0716. The first-order valence-electron chi connectivity index (χ1n) is 7.86. The lowest BCUT2D eigenvalue weighted by Crippen LogP contribution is -2.37. The van der Waals surface area contributed by atoms with Crippen LogP contribution in [0.1, 0.15) is 56.3 Å². The van der Waals surface area contributed by atoms with Crippen molar-refractivity contribution in [2.75, 3.05) is 0 Å². The lowest BCUT2D eigenvalue weighted by atomic mass is 9.96. The van der Waals surface area contributed by atoms with Crippen LogP contribution in [0, 0.1) is 6.92 Å². The van der Waals surface area contributed by atoms with Crippen molar-refractivity contribution in [3.05, 3.63) is 11.4 Å². The third-order valence-electron chi connectivity index (χ3n) is 4.29. The Kier molecular flexibility index (Phi) is 4.33. The van der Waals surface area contributed by atoms with Gasteiger partial charge in [0.2, 0.25) is 10.0 Å². The van der Waals surface area contributed by atoms with Gasteiger partial charge >= 0.3 is 0 Å². The highest BCUT2D eigenvalue weighted by molar-refractivity contribution is 7.89. The standard InChI is InChI=1S/C14H24N4O2S/c1-10-14(13(17-16-10)9-15-11-7-8-11)21(19,20)18-12-5-3-2-4-6-12/h11-12,15,18H,2-9H2,1H3,(H,16,17). The molecule has 0 spiro atoms. The summed E-state index contributed by atoms with van der Waals surface area (Å²) in [6, 6.07) is 0.603. The van der Waals surface area contributed by atoms with E-state index < -0.39 is 10.0 Å². The number of aryl methyl sites for hydroxylation is 1. The molecule has 0 unspecified atom stereocenters. The molecule has 1 aromatic rings. The van der Waals surface area contributed by atoms with Gasteiger partial charge in [-0.1, -0.05) is 19.3 Å². The lowest BCUT2D eigenvalue weighted by molar-refractivity contribution is 0.412. The minimum Gasteiger partial charge on any atom is -0.308 e. The molecule has 2 aliphatic rings. The van der Waals surface area contributed by atoms with Crippen LogP contribution in [0.5, 0.6) is 0 Å². The first-order chi connectivity index (χ1) is 10.1. The summed E-state index contributed by atoms with van der Waals surface area (Å²) in [7, 11) is -3.49. The van der Waals surface area contributed by atoms with Gasteiger partial charge in [-0.2, -0.15) is 5.10 Å². The minimum atomic E-state index is -3.49. The van der Waals surface area contributed by atoms with Crippen LogP contribution in [0.4, 0.5) is 0 Å². The number of rotatable bonds is 6. The molecule has 2 saturated carbocycles. The number of hydrogen-bond donors (Lipinski definition) is 3. The van der Waals surface area contributed by atoms with Crippen LogP contribution in [0.15, 0.2) is 4.90 Å². The van der Waals surface area contributed by atoms with E-state index in [-0.39, 0.29) is 6.04 Å². The van der Waals surface area contributed by atoms with Gasteiger partial charge in [0.25, 0.3) is 0 Å². The van der Waals surface area contributed by atoms with E-state index in [9.17, 15) is 8.42 Å². The van der Waals surface area contributed by atoms with E-state index in [2.05, 4.69) is 20.2 Å². The SMILES string of the molecule is Cc1[nH]nc(CNC2CC2)c1S(=O)(=O)NC1CCCCC1. The van der Waals surface area contributed by atoms with Gasteiger partial charge in [-0.15, -0.1) is 0 Å². The van der Waals surface area contributed by atoms with Crippen molar-refractivity contribution in [1.82, 2.24) is 20.2 Å². The van der Waals surface area contributed by atoms with E-state index in [0.717, 1.165) is 25.7 Å². The molecule has 1 aromatic heterocycles. The Morgan fingerprint density at radius 2 is 1.86 bits per heavy atom. The molecule has 0 radical (unpaired) electrons. The van der Waals surface area contributed by atoms with E-state index in [0.29, 0.717) is 28.9 Å². The zero-order valence-electron chi connectivity index (χ0n) is 12.5. The van der Waals surface area contributed by atoms with Crippen molar-refractivity contribution in [2.24, 2.45) is 0 Å². The van der Waals surface area contributed by atoms with E-state index >= 15 is 0 Å². The molecule has 0 bridgehead atoms. The summed E-state index contributed by atoms with van der Waals surface area (Å²) in [6.45, 7) is 2.28. The highest BCUT2D eigenvalue weighted by Gasteiger charge is 2.29. The fraction of sp³-hybridized carbons (Fsp3) is 0.786. The molecule has 0 saturated heterocycles. The van der Waals surface area contributed by atoms with Crippen LogP contribution in [0.3, 0.4) is 0 Å². The van der Waals surface area contributed by atoms with Gasteiger partial charge in [-0.05, 0) is 32.6 Å². The maximum atomic E-state index is 12.7. The normalized spacial score (nSPS) is 20.8. The number of aromatic amines is 1. The molecule has 0 atom stereocenters. The molecule has 0 amide bonds. The fourth-order valence-electron chi connectivity index (χ4n) is 2.97. The van der Waals surface area contributed by atoms with Crippen molar-refractivity contribution in [3.63, 3.8) is 0 Å². The van der Waals surface area contributed by atoms with E-state index in [1.807, 2.05) is 0 Å². The quantitative estimate of drug-likeness (QED) is 0.744. The van der Waals surface area contributed by atoms with Gasteiger partial charge in [0.15, 0.2) is 0 Å². The number of sulfonamides is 1. The summed E-state index contributed by atoms with van der Waals surface area (Å²) in [6.07, 6.45) is 7.63. The third kappa shape index (κ3) is 3.64. The molecule has 1 heterocycles. The topological polar surface area (TPSA) is 86.9 Å². The molecule has 21 heavy (non-hydrogen) atoms. The number of H-pyrrole nitrogens is 1. The molecule has 0 aromatic carbocycles. The van der Waals surface area contributed by atoms with Gasteiger partial charge in [-0.25, -0.2) is 13.1 Å². The van der Waals surface area contributed by atoms with Crippen LogP contribution >= 0.6 is 0 Å². The van der Waals surface area contributed by atoms with Crippen LogP contribution in [0.25, 0.3) is 0 Å². The third-order valence-corrected chi connectivity index (χ3v) is 6.02. The van der Waals surface area contributed by atoms with E-state index in [1.54, 1.807) is 6.92 Å². The van der Waals surface area contributed by atoms with Crippen LogP contribution in [-0.4, -0.2) is 30.7 Å². The zero-order chi connectivity index (χ0) is 14.9. The van der Waals surface area contributed by atoms with Gasteiger partial charge in [-0.3, -0.25) is 5.10 Å². The molecule has 118 valence electrons. The van der Waals surface area contributed by atoms with Crippen LogP contribution in [0.2, 0.25) is 0 Å². The summed E-state index contributed by atoms with van der Waals surface area (Å²) >= 11 is 0. The Morgan fingerprint density at radius 3 is 2.52 bits per heavy atom. The smallest absolute Gasteiger partial charge is 0.244 e. The average Bonchev–Trinajstić information content (AvgIpc) is 3.19. The second kappa shape index (κ2) is 6.06. The van der Waals surface area contributed by atoms with Crippen molar-refractivity contribution < 1.29 is 8.42 Å². The summed E-state index contributed by atoms with van der Waals surface area (Å²) in [4.78, 5) is 0.334. The largest absolute Gasteiger partial charge is 0.308 e. The van der Waals surface area contributed by atoms with Gasteiger partial charge < -0.3 is 5.32 Å². The highest BCUT2D eigenvalue weighted by atomic mass is 32.2. The van der Waals surface area contributed by atoms with Gasteiger partial charge in [0.1, 0.15) is 4.90 Å². The van der Waals surface area contributed by atoms with Crippen molar-refractivity contribution in [1.29, 1.82) is 0 Å². The molecular weight excluding hydrogens is 288 g/mol. The van der Waals surface area contributed by atoms with Crippen molar-refractivity contribution in [2.45, 2.75) is 75.4 Å². The highest BCUT2D eigenvalue weighted by Crippen LogP contribution is 2.24. The second-order valence-electron chi connectivity index (χ2n) is 6.24. The Labute approximate surface area is 126 Å². The molecular formula is C14H24N4O2S. The number of hydrogen-bond acceptors (Lipinski definition) is 4. The molecule has 2 fully saturated rings. The Balaban J connectivity index is 1.74. The van der Waals surface area contributed by atoms with Gasteiger partial charge in [0, 0.05) is 18.6 Å². The zero-order valence-corrected chi connectivity index (χ0v) is 13.3. The summed E-state index contributed by atoms with van der Waals surface area (Å²) in [5, 5.41) is 10.3. The number of nitrogens with zero attached hydrogens (tertiary/aromatic N) is 1. The summed E-state index contributed by atoms with van der Waals surface area (Å²) in [5.74, 6) is 0. The van der Waals surface area contributed by atoms with E-state index in [4.69, 9.17) is 0 Å². The molecule has 0 aliphatic heterocycles. The predicted molar refractivity (Wildman–Crippen MR) is 80.4 cm³/mol. The maximum absolute atomic E-state index is 12.7. The molecule has 3 N–H and O–H groups in total. The fourth-order valence-corrected chi connectivity index (χ4v) is 4.64. The maximum Gasteiger partial charge on any atom is 0.244 e. The summed E-state index contributed by atoms with van der Waals surface area (Å²) in [5.41, 5.74) is 1.22. The van der Waals surface area contributed by atoms with Crippen molar-refractivity contribution >= 4 is 10.0 Å². The average molecular weight is 312 g/mol. The second-order valence-corrected chi connectivity index (χ2v) is 7.89. The number of aromatic nitrogens is 2. The van der Waals surface area contributed by atoms with E-state index in [1.165, 1.54) is 19.3 Å². The first kappa shape index (κ1) is 15.0. The Morgan fingerprint density at radius 1 is 1.14 bits per heavy atom. The monoisotopic (exact) mass is 312 g/mol. The first-order valence-corrected chi connectivity index (χ1v) is 9.34. The van der Waals surface area contributed by atoms with Gasteiger partial charge in [0.05, 0.1) is 11.4 Å².